The van der Waals surface area contributed by atoms with Gasteiger partial charge in [-0.2, -0.15) is 0 Å². The molecule has 0 aromatic heterocycles. The van der Waals surface area contributed by atoms with Gasteiger partial charge in [0.15, 0.2) is 0 Å². The van der Waals surface area contributed by atoms with Crippen molar-refractivity contribution in [2.45, 2.75) is 39.0 Å². The Morgan fingerprint density at radius 3 is 2.73 bits per heavy atom. The minimum absolute atomic E-state index is 0.571. The molecule has 1 aliphatic carbocycles. The molecule has 1 N–H and O–H groups in total. The molecule has 1 atom stereocenters. The molecule has 15 heavy (non-hydrogen) atoms. The van der Waals surface area contributed by atoms with Crippen molar-refractivity contribution in [2.75, 3.05) is 33.2 Å². The van der Waals surface area contributed by atoms with Crippen LogP contribution in [0.1, 0.15) is 39.0 Å². The Kier molecular flexibility index (Phi) is 3.68. The number of hydrogen-bond donors (Lipinski definition) is 1. The molecule has 2 heteroatoms. The second-order valence-corrected chi connectivity index (χ2v) is 5.77. The SMILES string of the molecule is CCC1(CN(C)CC2CC2)CCCNC1. The Morgan fingerprint density at radius 1 is 1.40 bits per heavy atom. The van der Waals surface area contributed by atoms with Crippen molar-refractivity contribution in [2.24, 2.45) is 11.3 Å². The normalized spacial score (nSPS) is 32.2. The fourth-order valence-electron chi connectivity index (χ4n) is 2.96. The Hall–Kier alpha value is -0.0800. The lowest BCUT2D eigenvalue weighted by Gasteiger charge is -2.40. The van der Waals surface area contributed by atoms with E-state index in [1.165, 1.54) is 58.3 Å². The van der Waals surface area contributed by atoms with Crippen LogP contribution in [-0.4, -0.2) is 38.1 Å². The third kappa shape index (κ3) is 3.18. The van der Waals surface area contributed by atoms with Gasteiger partial charge < -0.3 is 10.2 Å². The quantitative estimate of drug-likeness (QED) is 0.747. The summed E-state index contributed by atoms with van der Waals surface area (Å²) in [6.07, 6.45) is 7.06. The summed E-state index contributed by atoms with van der Waals surface area (Å²) < 4.78 is 0. The van der Waals surface area contributed by atoms with Crippen molar-refractivity contribution in [3.63, 3.8) is 0 Å². The summed E-state index contributed by atoms with van der Waals surface area (Å²) in [5.41, 5.74) is 0.571. The van der Waals surface area contributed by atoms with Gasteiger partial charge in [0.25, 0.3) is 0 Å². The molecule has 2 aliphatic rings. The van der Waals surface area contributed by atoms with Crippen molar-refractivity contribution in [3.8, 4) is 0 Å². The fourth-order valence-corrected chi connectivity index (χ4v) is 2.96. The van der Waals surface area contributed by atoms with Gasteiger partial charge in [-0.05, 0) is 57.0 Å². The van der Waals surface area contributed by atoms with Gasteiger partial charge in [-0.15, -0.1) is 0 Å². The van der Waals surface area contributed by atoms with E-state index in [0.29, 0.717) is 5.41 Å². The van der Waals surface area contributed by atoms with Gasteiger partial charge in [-0.3, -0.25) is 0 Å². The Bertz CT molecular complexity index is 193. The zero-order valence-corrected chi connectivity index (χ0v) is 10.4. The molecule has 0 aromatic rings. The van der Waals surface area contributed by atoms with Gasteiger partial charge in [-0.1, -0.05) is 6.92 Å². The van der Waals surface area contributed by atoms with E-state index in [1.807, 2.05) is 0 Å². The van der Waals surface area contributed by atoms with Crippen LogP contribution >= 0.6 is 0 Å². The Balaban J connectivity index is 1.81. The summed E-state index contributed by atoms with van der Waals surface area (Å²) in [5, 5.41) is 3.57. The van der Waals surface area contributed by atoms with Crippen molar-refractivity contribution >= 4 is 0 Å². The third-order valence-corrected chi connectivity index (χ3v) is 4.18. The van der Waals surface area contributed by atoms with Crippen LogP contribution in [0.3, 0.4) is 0 Å². The zero-order chi connectivity index (χ0) is 10.7. The van der Waals surface area contributed by atoms with Crippen LogP contribution in [0.2, 0.25) is 0 Å². The van der Waals surface area contributed by atoms with Crippen molar-refractivity contribution in [1.29, 1.82) is 0 Å². The predicted octanol–water partition coefficient (Wildman–Crippen LogP) is 2.11. The van der Waals surface area contributed by atoms with Gasteiger partial charge in [-0.25, -0.2) is 0 Å². The molecule has 2 nitrogen and oxygen atoms in total. The van der Waals surface area contributed by atoms with Crippen LogP contribution in [0.5, 0.6) is 0 Å². The lowest BCUT2D eigenvalue weighted by molar-refractivity contribution is 0.126. The van der Waals surface area contributed by atoms with E-state index in [0.717, 1.165) is 5.92 Å². The van der Waals surface area contributed by atoms with Crippen molar-refractivity contribution in [3.05, 3.63) is 0 Å². The molecule has 0 bridgehead atoms. The van der Waals surface area contributed by atoms with E-state index in [4.69, 9.17) is 0 Å². The predicted molar refractivity (Wildman–Crippen MR) is 65.0 cm³/mol. The summed E-state index contributed by atoms with van der Waals surface area (Å²) in [4.78, 5) is 2.58. The molecule has 0 aromatic carbocycles. The van der Waals surface area contributed by atoms with Gasteiger partial charge in [0.05, 0.1) is 0 Å². The minimum atomic E-state index is 0.571. The number of nitrogens with zero attached hydrogens (tertiary/aromatic N) is 1. The summed E-state index contributed by atoms with van der Waals surface area (Å²) in [7, 11) is 2.31. The topological polar surface area (TPSA) is 15.3 Å². The minimum Gasteiger partial charge on any atom is -0.316 e. The first-order chi connectivity index (χ1) is 7.24. The average Bonchev–Trinajstić information content (AvgIpc) is 3.03. The fraction of sp³-hybridized carbons (Fsp3) is 1.00. The highest BCUT2D eigenvalue weighted by Gasteiger charge is 2.32. The molecule has 2 rings (SSSR count). The second-order valence-electron chi connectivity index (χ2n) is 5.77. The van der Waals surface area contributed by atoms with Crippen LogP contribution in [0.15, 0.2) is 0 Å². The van der Waals surface area contributed by atoms with Crippen LogP contribution in [0, 0.1) is 11.3 Å². The lowest BCUT2D eigenvalue weighted by Crippen LogP contribution is -2.46. The average molecular weight is 210 g/mol. The highest BCUT2D eigenvalue weighted by atomic mass is 15.1. The Labute approximate surface area is 94.4 Å². The first-order valence-electron chi connectivity index (χ1n) is 6.63. The molecule has 1 saturated heterocycles. The van der Waals surface area contributed by atoms with Crippen LogP contribution in [0.25, 0.3) is 0 Å². The lowest BCUT2D eigenvalue weighted by atomic mass is 9.78. The van der Waals surface area contributed by atoms with Crippen LogP contribution in [0.4, 0.5) is 0 Å². The molecule has 0 amide bonds. The van der Waals surface area contributed by atoms with E-state index in [9.17, 15) is 0 Å². The molecule has 1 saturated carbocycles. The van der Waals surface area contributed by atoms with Gasteiger partial charge in [0, 0.05) is 19.6 Å². The smallest absolute Gasteiger partial charge is 0.00471 e. The monoisotopic (exact) mass is 210 g/mol. The van der Waals surface area contributed by atoms with Crippen LogP contribution < -0.4 is 5.32 Å². The second kappa shape index (κ2) is 4.84. The van der Waals surface area contributed by atoms with E-state index >= 15 is 0 Å². The molecule has 2 fully saturated rings. The summed E-state index contributed by atoms with van der Waals surface area (Å²) >= 11 is 0. The van der Waals surface area contributed by atoms with E-state index in [1.54, 1.807) is 0 Å². The van der Waals surface area contributed by atoms with Gasteiger partial charge >= 0.3 is 0 Å². The largest absolute Gasteiger partial charge is 0.316 e. The molecular weight excluding hydrogens is 184 g/mol. The number of rotatable bonds is 5. The van der Waals surface area contributed by atoms with E-state index in [-0.39, 0.29) is 0 Å². The number of hydrogen-bond acceptors (Lipinski definition) is 2. The molecule has 1 aliphatic heterocycles. The number of piperidine rings is 1. The molecule has 88 valence electrons. The first kappa shape index (κ1) is 11.4. The third-order valence-electron chi connectivity index (χ3n) is 4.18. The zero-order valence-electron chi connectivity index (χ0n) is 10.4. The maximum atomic E-state index is 3.57. The molecule has 0 spiro atoms. The standard InChI is InChI=1S/C13H26N2/c1-3-13(7-4-8-14-10-13)11-15(2)9-12-5-6-12/h12,14H,3-11H2,1-2H3. The van der Waals surface area contributed by atoms with E-state index < -0.39 is 0 Å². The number of nitrogens with one attached hydrogen (secondary N) is 1. The summed E-state index contributed by atoms with van der Waals surface area (Å²) in [6, 6.07) is 0. The summed E-state index contributed by atoms with van der Waals surface area (Å²) in [5.74, 6) is 1.03. The van der Waals surface area contributed by atoms with Gasteiger partial charge in [0.1, 0.15) is 0 Å². The van der Waals surface area contributed by atoms with Crippen molar-refractivity contribution in [1.82, 2.24) is 10.2 Å². The summed E-state index contributed by atoms with van der Waals surface area (Å²) in [6.45, 7) is 7.46. The van der Waals surface area contributed by atoms with Crippen molar-refractivity contribution < 1.29 is 0 Å². The Morgan fingerprint density at radius 2 is 2.20 bits per heavy atom. The van der Waals surface area contributed by atoms with E-state index in [2.05, 4.69) is 24.2 Å². The first-order valence-corrected chi connectivity index (χ1v) is 6.63. The van der Waals surface area contributed by atoms with Gasteiger partial charge in [0.2, 0.25) is 0 Å². The molecule has 1 unspecified atom stereocenters. The van der Waals surface area contributed by atoms with Crippen LogP contribution in [-0.2, 0) is 0 Å². The maximum Gasteiger partial charge on any atom is 0.00471 e. The molecule has 0 radical (unpaired) electrons. The maximum absolute atomic E-state index is 3.57. The molecule has 1 heterocycles. The highest BCUT2D eigenvalue weighted by Crippen LogP contribution is 2.33. The molecular formula is C13H26N2. The highest BCUT2D eigenvalue weighted by molar-refractivity contribution is 4.88.